The fourth-order valence-corrected chi connectivity index (χ4v) is 1.99. The lowest BCUT2D eigenvalue weighted by atomic mass is 10.1. The fourth-order valence-electron chi connectivity index (χ4n) is 1.99. The first kappa shape index (κ1) is 15.2. The molecule has 1 heterocycles. The Kier molecular flexibility index (Phi) is 5.45. The van der Waals surface area contributed by atoms with Crippen molar-refractivity contribution in [2.75, 3.05) is 6.61 Å². The van der Waals surface area contributed by atoms with Crippen LogP contribution in [0.1, 0.15) is 34.5 Å². The van der Waals surface area contributed by atoms with Crippen molar-refractivity contribution in [2.45, 2.75) is 32.9 Å². The number of aliphatic hydroxyl groups is 1. The van der Waals surface area contributed by atoms with E-state index in [0.717, 1.165) is 24.0 Å². The van der Waals surface area contributed by atoms with Gasteiger partial charge in [0.2, 0.25) is 0 Å². The van der Waals surface area contributed by atoms with Gasteiger partial charge in [-0.05, 0) is 25.3 Å². The van der Waals surface area contributed by atoms with Crippen LogP contribution in [0.5, 0.6) is 0 Å². The van der Waals surface area contributed by atoms with Crippen molar-refractivity contribution in [1.29, 1.82) is 0 Å². The Morgan fingerprint density at radius 3 is 3.00 bits per heavy atom. The molecule has 0 atom stereocenters. The predicted molar refractivity (Wildman–Crippen MR) is 78.7 cm³/mol. The molecule has 0 radical (unpaired) electrons. The van der Waals surface area contributed by atoms with E-state index in [9.17, 15) is 4.79 Å². The van der Waals surface area contributed by atoms with Crippen LogP contribution in [0.25, 0.3) is 0 Å². The first-order valence-corrected chi connectivity index (χ1v) is 7.04. The smallest absolute Gasteiger partial charge is 0.273 e. The van der Waals surface area contributed by atoms with Gasteiger partial charge >= 0.3 is 0 Å². The molecule has 1 aromatic carbocycles. The Labute approximate surface area is 123 Å². The number of aryl methyl sites for hydroxylation is 2. The van der Waals surface area contributed by atoms with Crippen LogP contribution in [-0.2, 0) is 13.1 Å². The number of rotatable bonds is 7. The van der Waals surface area contributed by atoms with Crippen LogP contribution < -0.4 is 5.32 Å². The third kappa shape index (κ3) is 4.68. The summed E-state index contributed by atoms with van der Waals surface area (Å²) < 4.78 is 1.62. The van der Waals surface area contributed by atoms with Crippen LogP contribution in [0.2, 0.25) is 0 Å². The summed E-state index contributed by atoms with van der Waals surface area (Å²) in [6.07, 6.45) is 3.15. The number of carbonyl (C=O) groups is 1. The fraction of sp³-hybridized carbons (Fsp3) is 0.400. The number of hydrogen-bond donors (Lipinski definition) is 2. The molecule has 0 spiro atoms. The average molecular weight is 288 g/mol. The molecule has 2 rings (SSSR count). The van der Waals surface area contributed by atoms with Crippen LogP contribution in [0.3, 0.4) is 0 Å². The van der Waals surface area contributed by atoms with Crippen LogP contribution >= 0.6 is 0 Å². The van der Waals surface area contributed by atoms with Gasteiger partial charge in [-0.3, -0.25) is 9.48 Å². The zero-order valence-corrected chi connectivity index (χ0v) is 12.1. The second-order valence-electron chi connectivity index (χ2n) is 4.97. The molecule has 0 aliphatic heterocycles. The van der Waals surface area contributed by atoms with Gasteiger partial charge in [0.1, 0.15) is 0 Å². The van der Waals surface area contributed by atoms with E-state index in [0.29, 0.717) is 18.8 Å². The highest BCUT2D eigenvalue weighted by molar-refractivity contribution is 5.91. The molecule has 2 N–H and O–H groups in total. The Balaban J connectivity index is 1.85. The molecule has 2 aromatic rings. The summed E-state index contributed by atoms with van der Waals surface area (Å²) in [5.41, 5.74) is 2.53. The minimum Gasteiger partial charge on any atom is -0.396 e. The van der Waals surface area contributed by atoms with Gasteiger partial charge in [0, 0.05) is 19.7 Å². The van der Waals surface area contributed by atoms with Crippen LogP contribution in [0.4, 0.5) is 0 Å². The van der Waals surface area contributed by atoms with E-state index >= 15 is 0 Å². The molecule has 0 aliphatic rings. The Bertz CT molecular complexity index is 595. The van der Waals surface area contributed by atoms with Gasteiger partial charge in [-0.1, -0.05) is 35.0 Å². The molecule has 0 saturated carbocycles. The summed E-state index contributed by atoms with van der Waals surface area (Å²) in [6.45, 7) is 3.30. The normalized spacial score (nSPS) is 10.6. The number of carbonyl (C=O) groups excluding carboxylic acids is 1. The number of hydrogen-bond acceptors (Lipinski definition) is 4. The third-order valence-electron chi connectivity index (χ3n) is 3.10. The zero-order valence-electron chi connectivity index (χ0n) is 12.1. The monoisotopic (exact) mass is 288 g/mol. The number of aliphatic hydroxyl groups excluding tert-OH is 1. The molecule has 0 bridgehead atoms. The quantitative estimate of drug-likeness (QED) is 0.752. The van der Waals surface area contributed by atoms with E-state index in [1.165, 1.54) is 0 Å². The number of nitrogens with zero attached hydrogens (tertiary/aromatic N) is 3. The van der Waals surface area contributed by atoms with Gasteiger partial charge in [-0.2, -0.15) is 0 Å². The molecule has 0 unspecified atom stereocenters. The Morgan fingerprint density at radius 1 is 1.38 bits per heavy atom. The zero-order chi connectivity index (χ0) is 15.1. The molecule has 6 heteroatoms. The van der Waals surface area contributed by atoms with Gasteiger partial charge < -0.3 is 10.4 Å². The molecule has 21 heavy (non-hydrogen) atoms. The molecule has 1 aromatic heterocycles. The third-order valence-corrected chi connectivity index (χ3v) is 3.10. The second-order valence-corrected chi connectivity index (χ2v) is 4.97. The van der Waals surface area contributed by atoms with E-state index in [1.807, 2.05) is 31.2 Å². The van der Waals surface area contributed by atoms with Crippen LogP contribution in [0.15, 0.2) is 30.5 Å². The van der Waals surface area contributed by atoms with E-state index in [2.05, 4.69) is 15.6 Å². The highest BCUT2D eigenvalue weighted by atomic mass is 16.2. The largest absolute Gasteiger partial charge is 0.396 e. The van der Waals surface area contributed by atoms with Crippen molar-refractivity contribution in [2.24, 2.45) is 0 Å². The minimum absolute atomic E-state index is 0.165. The van der Waals surface area contributed by atoms with Crippen molar-refractivity contribution < 1.29 is 9.90 Å². The van der Waals surface area contributed by atoms with Crippen LogP contribution in [-0.4, -0.2) is 32.6 Å². The van der Waals surface area contributed by atoms with Crippen molar-refractivity contribution in [1.82, 2.24) is 20.3 Å². The summed E-state index contributed by atoms with van der Waals surface area (Å²) in [5.74, 6) is -0.232. The lowest BCUT2D eigenvalue weighted by Gasteiger charge is -2.04. The van der Waals surface area contributed by atoms with Crippen molar-refractivity contribution in [3.05, 3.63) is 47.3 Å². The number of nitrogens with one attached hydrogen (secondary N) is 1. The summed E-state index contributed by atoms with van der Waals surface area (Å²) in [5, 5.41) is 19.3. The molecule has 112 valence electrons. The standard InChI is InChI=1S/C15H20N4O2/c1-12-5-4-6-13(9-12)10-16-15(21)14-11-19(18-17-14)7-2-3-8-20/h4-6,9,11,20H,2-3,7-8,10H2,1H3,(H,16,21). The SMILES string of the molecule is Cc1cccc(CNC(=O)c2cn(CCCCO)nn2)c1. The van der Waals surface area contributed by atoms with Crippen molar-refractivity contribution >= 4 is 5.91 Å². The summed E-state index contributed by atoms with van der Waals surface area (Å²) in [4.78, 5) is 12.0. The summed E-state index contributed by atoms with van der Waals surface area (Å²) in [7, 11) is 0. The van der Waals surface area contributed by atoms with Gasteiger partial charge in [-0.25, -0.2) is 0 Å². The van der Waals surface area contributed by atoms with Crippen molar-refractivity contribution in [3.8, 4) is 0 Å². The first-order chi connectivity index (χ1) is 10.2. The van der Waals surface area contributed by atoms with E-state index in [4.69, 9.17) is 5.11 Å². The molecule has 1 amide bonds. The Morgan fingerprint density at radius 2 is 2.24 bits per heavy atom. The van der Waals surface area contributed by atoms with Gasteiger partial charge in [0.25, 0.3) is 5.91 Å². The molecular formula is C15H20N4O2. The first-order valence-electron chi connectivity index (χ1n) is 7.04. The highest BCUT2D eigenvalue weighted by Crippen LogP contribution is 2.04. The van der Waals surface area contributed by atoms with E-state index in [1.54, 1.807) is 10.9 Å². The molecule has 6 nitrogen and oxygen atoms in total. The van der Waals surface area contributed by atoms with Crippen LogP contribution in [0, 0.1) is 6.92 Å². The van der Waals surface area contributed by atoms with E-state index in [-0.39, 0.29) is 12.5 Å². The predicted octanol–water partition coefficient (Wildman–Crippen LogP) is 1.29. The topological polar surface area (TPSA) is 80.0 Å². The second kappa shape index (κ2) is 7.54. The average Bonchev–Trinajstić information content (AvgIpc) is 2.94. The number of amides is 1. The van der Waals surface area contributed by atoms with Gasteiger partial charge in [0.15, 0.2) is 5.69 Å². The number of benzene rings is 1. The summed E-state index contributed by atoms with van der Waals surface area (Å²) >= 11 is 0. The number of aromatic nitrogens is 3. The number of unbranched alkanes of at least 4 members (excludes halogenated alkanes) is 1. The van der Waals surface area contributed by atoms with Gasteiger partial charge in [0.05, 0.1) is 6.20 Å². The Hall–Kier alpha value is -2.21. The molecule has 0 saturated heterocycles. The maximum atomic E-state index is 12.0. The van der Waals surface area contributed by atoms with E-state index < -0.39 is 0 Å². The lowest BCUT2D eigenvalue weighted by Crippen LogP contribution is -2.23. The van der Waals surface area contributed by atoms with Crippen molar-refractivity contribution in [3.63, 3.8) is 0 Å². The highest BCUT2D eigenvalue weighted by Gasteiger charge is 2.10. The molecule has 0 fully saturated rings. The van der Waals surface area contributed by atoms with Gasteiger partial charge in [-0.15, -0.1) is 5.10 Å². The lowest BCUT2D eigenvalue weighted by molar-refractivity contribution is 0.0946. The minimum atomic E-state index is -0.232. The molecule has 0 aliphatic carbocycles. The summed E-state index contributed by atoms with van der Waals surface area (Å²) in [6, 6.07) is 7.99. The molecular weight excluding hydrogens is 268 g/mol. The maximum Gasteiger partial charge on any atom is 0.273 e. The maximum absolute atomic E-state index is 12.0.